The smallest absolute Gasteiger partial charge is 0.330 e. The van der Waals surface area contributed by atoms with Crippen LogP contribution in [0.1, 0.15) is 18.9 Å². The predicted octanol–water partition coefficient (Wildman–Crippen LogP) is 2.38. The third kappa shape index (κ3) is 7.38. The molecule has 0 fully saturated rings. The Balaban J connectivity index is 2.54. The molecule has 0 aliphatic carbocycles. The molecule has 0 radical (unpaired) electrons. The lowest BCUT2D eigenvalue weighted by Gasteiger charge is -2.14. The fraction of sp³-hybridized carbons (Fsp3) is 0.353. The molecular weight excluding hydrogens is 324 g/mol. The Morgan fingerprint density at radius 2 is 1.64 bits per heavy atom. The maximum absolute atomic E-state index is 11.9. The van der Waals surface area contributed by atoms with E-state index in [1.54, 1.807) is 25.1 Å². The quantitative estimate of drug-likeness (QED) is 0.328. The number of rotatable bonds is 8. The molecular formula is C17H24N4O4. The zero-order valence-corrected chi connectivity index (χ0v) is 14.5. The third-order valence-electron chi connectivity index (χ3n) is 3.16. The van der Waals surface area contributed by atoms with Crippen LogP contribution < -0.4 is 21.3 Å². The lowest BCUT2D eigenvalue weighted by Crippen LogP contribution is -2.32. The van der Waals surface area contributed by atoms with Crippen LogP contribution in [0.5, 0.6) is 0 Å². The first-order valence-corrected chi connectivity index (χ1v) is 7.96. The number of esters is 1. The molecule has 8 nitrogen and oxygen atoms in total. The first-order chi connectivity index (χ1) is 12.0. The molecule has 0 aliphatic heterocycles. The number of hydrogen-bond donors (Lipinski definition) is 4. The van der Waals surface area contributed by atoms with Crippen molar-refractivity contribution in [3.8, 4) is 0 Å². The molecule has 1 aromatic rings. The molecule has 0 heterocycles. The van der Waals surface area contributed by atoms with Crippen molar-refractivity contribution in [1.29, 1.82) is 0 Å². The summed E-state index contributed by atoms with van der Waals surface area (Å²) >= 11 is 0. The van der Waals surface area contributed by atoms with E-state index in [0.29, 0.717) is 17.9 Å². The molecule has 0 atom stereocenters. The fourth-order valence-corrected chi connectivity index (χ4v) is 1.85. The van der Waals surface area contributed by atoms with Gasteiger partial charge in [0, 0.05) is 24.0 Å². The standard InChI is InChI=1S/C17H24N4O4/c1-4-9-18-16(23)20-13-7-6-8-14(12(13)3)21-17(24)19-10-11-25-15(22)5-2/h5-8H,2,4,9-11H2,1,3H3,(H2,18,20,23)(H2,19,21,24). The number of urea groups is 2. The number of anilines is 2. The Morgan fingerprint density at radius 3 is 2.16 bits per heavy atom. The summed E-state index contributed by atoms with van der Waals surface area (Å²) in [5.41, 5.74) is 1.89. The van der Waals surface area contributed by atoms with Gasteiger partial charge in [-0.1, -0.05) is 19.6 Å². The highest BCUT2D eigenvalue weighted by Crippen LogP contribution is 2.23. The molecule has 1 aromatic carbocycles. The highest BCUT2D eigenvalue weighted by Gasteiger charge is 2.09. The topological polar surface area (TPSA) is 109 Å². The lowest BCUT2D eigenvalue weighted by atomic mass is 10.1. The molecule has 8 heteroatoms. The van der Waals surface area contributed by atoms with Gasteiger partial charge < -0.3 is 26.0 Å². The second kappa shape index (κ2) is 10.7. The van der Waals surface area contributed by atoms with E-state index in [4.69, 9.17) is 4.74 Å². The van der Waals surface area contributed by atoms with Gasteiger partial charge in [-0.3, -0.25) is 0 Å². The van der Waals surface area contributed by atoms with Gasteiger partial charge in [0.15, 0.2) is 0 Å². The number of amides is 4. The normalized spacial score (nSPS) is 9.68. The molecule has 0 saturated heterocycles. The van der Waals surface area contributed by atoms with Gasteiger partial charge in [0.25, 0.3) is 0 Å². The molecule has 4 amide bonds. The van der Waals surface area contributed by atoms with E-state index in [2.05, 4.69) is 27.8 Å². The molecule has 0 bridgehead atoms. The van der Waals surface area contributed by atoms with Crippen molar-refractivity contribution in [1.82, 2.24) is 10.6 Å². The van der Waals surface area contributed by atoms with Gasteiger partial charge in [0.2, 0.25) is 0 Å². The van der Waals surface area contributed by atoms with Crippen LogP contribution in [0.4, 0.5) is 21.0 Å². The molecule has 0 unspecified atom stereocenters. The lowest BCUT2D eigenvalue weighted by molar-refractivity contribution is -0.137. The Bertz CT molecular complexity index is 631. The Labute approximate surface area is 147 Å². The average molecular weight is 348 g/mol. The highest BCUT2D eigenvalue weighted by molar-refractivity contribution is 5.94. The average Bonchev–Trinajstić information content (AvgIpc) is 2.60. The van der Waals surface area contributed by atoms with Crippen LogP contribution >= 0.6 is 0 Å². The molecule has 0 aliphatic rings. The van der Waals surface area contributed by atoms with Crippen LogP contribution in [0.2, 0.25) is 0 Å². The van der Waals surface area contributed by atoms with E-state index in [1.807, 2.05) is 6.92 Å². The van der Waals surface area contributed by atoms with Gasteiger partial charge >= 0.3 is 18.0 Å². The van der Waals surface area contributed by atoms with Gasteiger partial charge in [-0.15, -0.1) is 0 Å². The third-order valence-corrected chi connectivity index (χ3v) is 3.16. The molecule has 4 N–H and O–H groups in total. The summed E-state index contributed by atoms with van der Waals surface area (Å²) < 4.78 is 4.76. The van der Waals surface area contributed by atoms with Gasteiger partial charge in [-0.2, -0.15) is 0 Å². The predicted molar refractivity (Wildman–Crippen MR) is 96.7 cm³/mol. The number of ether oxygens (including phenoxy) is 1. The molecule has 25 heavy (non-hydrogen) atoms. The molecule has 0 spiro atoms. The molecule has 136 valence electrons. The van der Waals surface area contributed by atoms with Crippen molar-refractivity contribution in [2.24, 2.45) is 0 Å². The summed E-state index contributed by atoms with van der Waals surface area (Å²) in [5, 5.41) is 10.7. The maximum Gasteiger partial charge on any atom is 0.330 e. The summed E-state index contributed by atoms with van der Waals surface area (Å²) in [6.07, 6.45) is 1.90. The number of carbonyl (C=O) groups excluding carboxylic acids is 3. The minimum atomic E-state index is -0.543. The SMILES string of the molecule is C=CC(=O)OCCNC(=O)Nc1cccc(NC(=O)NCCC)c1C. The van der Waals surface area contributed by atoms with Crippen LogP contribution in [-0.2, 0) is 9.53 Å². The Kier molecular flexibility index (Phi) is 8.56. The van der Waals surface area contributed by atoms with Crippen LogP contribution in [0.3, 0.4) is 0 Å². The minimum absolute atomic E-state index is 0.0520. The van der Waals surface area contributed by atoms with E-state index in [-0.39, 0.29) is 19.2 Å². The van der Waals surface area contributed by atoms with Crippen LogP contribution in [-0.4, -0.2) is 37.7 Å². The first kappa shape index (κ1) is 20.0. The summed E-state index contributed by atoms with van der Waals surface area (Å²) in [5.74, 6) is -0.543. The van der Waals surface area contributed by atoms with Gasteiger partial charge in [0.05, 0.1) is 6.54 Å². The van der Waals surface area contributed by atoms with Crippen molar-refractivity contribution < 1.29 is 19.1 Å². The second-order valence-electron chi connectivity index (χ2n) is 5.11. The monoisotopic (exact) mass is 348 g/mol. The summed E-state index contributed by atoms with van der Waals surface area (Å²) in [6.45, 7) is 7.84. The highest BCUT2D eigenvalue weighted by atomic mass is 16.5. The van der Waals surface area contributed by atoms with E-state index < -0.39 is 12.0 Å². The molecule has 0 saturated carbocycles. The summed E-state index contributed by atoms with van der Waals surface area (Å²) in [7, 11) is 0. The molecule has 1 rings (SSSR count). The molecule has 0 aromatic heterocycles. The fourth-order valence-electron chi connectivity index (χ4n) is 1.85. The number of nitrogens with one attached hydrogen (secondary N) is 4. The van der Waals surface area contributed by atoms with Crippen LogP contribution in [0, 0.1) is 6.92 Å². The van der Waals surface area contributed by atoms with E-state index in [0.717, 1.165) is 18.1 Å². The van der Waals surface area contributed by atoms with E-state index in [9.17, 15) is 14.4 Å². The van der Waals surface area contributed by atoms with Crippen LogP contribution in [0.25, 0.3) is 0 Å². The van der Waals surface area contributed by atoms with E-state index >= 15 is 0 Å². The van der Waals surface area contributed by atoms with Crippen molar-refractivity contribution >= 4 is 29.4 Å². The first-order valence-electron chi connectivity index (χ1n) is 7.96. The Hall–Kier alpha value is -3.03. The number of benzene rings is 1. The number of carbonyl (C=O) groups is 3. The van der Waals surface area contributed by atoms with Gasteiger partial charge in [0.1, 0.15) is 6.61 Å². The van der Waals surface area contributed by atoms with Crippen LogP contribution in [0.15, 0.2) is 30.9 Å². The van der Waals surface area contributed by atoms with Crippen molar-refractivity contribution in [2.75, 3.05) is 30.3 Å². The zero-order chi connectivity index (χ0) is 18.7. The van der Waals surface area contributed by atoms with Gasteiger partial charge in [-0.25, -0.2) is 14.4 Å². The van der Waals surface area contributed by atoms with E-state index in [1.165, 1.54) is 0 Å². The summed E-state index contributed by atoms with van der Waals surface area (Å²) in [4.78, 5) is 34.5. The van der Waals surface area contributed by atoms with Crippen molar-refractivity contribution in [2.45, 2.75) is 20.3 Å². The van der Waals surface area contributed by atoms with Crippen molar-refractivity contribution in [3.05, 3.63) is 36.4 Å². The minimum Gasteiger partial charge on any atom is -0.461 e. The Morgan fingerprint density at radius 1 is 1.08 bits per heavy atom. The summed E-state index contributed by atoms with van der Waals surface area (Å²) in [6, 6.07) is 4.46. The maximum atomic E-state index is 11.9. The number of hydrogen-bond acceptors (Lipinski definition) is 4. The van der Waals surface area contributed by atoms with Gasteiger partial charge in [-0.05, 0) is 31.0 Å². The second-order valence-corrected chi connectivity index (χ2v) is 5.11. The largest absolute Gasteiger partial charge is 0.461 e. The van der Waals surface area contributed by atoms with Crippen molar-refractivity contribution in [3.63, 3.8) is 0 Å². The zero-order valence-electron chi connectivity index (χ0n) is 14.5.